The lowest BCUT2D eigenvalue weighted by atomic mass is 10.2. The number of hydrogen-bond acceptors (Lipinski definition) is 4. The van der Waals surface area contributed by atoms with Gasteiger partial charge in [0.25, 0.3) is 5.56 Å². The van der Waals surface area contributed by atoms with Crippen molar-refractivity contribution in [2.24, 2.45) is 0 Å². The first-order valence-corrected chi connectivity index (χ1v) is 9.26. The van der Waals surface area contributed by atoms with Crippen LogP contribution < -0.4 is 5.56 Å². The molecule has 0 radical (unpaired) electrons. The number of aromatic nitrogens is 2. The summed E-state index contributed by atoms with van der Waals surface area (Å²) in [7, 11) is 2.01. The summed E-state index contributed by atoms with van der Waals surface area (Å²) >= 11 is 7.71. The molecule has 1 N–H and O–H groups in total. The molecule has 0 spiro atoms. The zero-order valence-electron chi connectivity index (χ0n) is 13.4. The zero-order valence-corrected chi connectivity index (χ0v) is 15.0. The Labute approximate surface area is 149 Å². The van der Waals surface area contributed by atoms with Crippen LogP contribution >= 0.6 is 22.9 Å². The third kappa shape index (κ3) is 2.99. The molecular weight excluding hydrogens is 342 g/mol. The largest absolute Gasteiger partial charge is 0.309 e. The van der Waals surface area contributed by atoms with Crippen molar-refractivity contribution in [3.8, 4) is 0 Å². The third-order valence-corrected chi connectivity index (χ3v) is 5.81. The van der Waals surface area contributed by atoms with Crippen molar-refractivity contribution in [3.05, 3.63) is 61.5 Å². The molecule has 1 aliphatic rings. The summed E-state index contributed by atoms with van der Waals surface area (Å²) in [5.41, 5.74) is 2.37. The van der Waals surface area contributed by atoms with Crippen molar-refractivity contribution in [2.45, 2.75) is 32.4 Å². The average molecular weight is 360 g/mol. The van der Waals surface area contributed by atoms with E-state index < -0.39 is 0 Å². The molecule has 1 aromatic carbocycles. The summed E-state index contributed by atoms with van der Waals surface area (Å²) in [6.45, 7) is 1.35. The van der Waals surface area contributed by atoms with E-state index in [-0.39, 0.29) is 5.56 Å². The minimum atomic E-state index is 0.00514. The van der Waals surface area contributed by atoms with E-state index in [9.17, 15) is 4.79 Å². The lowest BCUT2D eigenvalue weighted by Gasteiger charge is -2.16. The summed E-state index contributed by atoms with van der Waals surface area (Å²) in [5.74, 6) is 0.719. The van der Waals surface area contributed by atoms with Crippen LogP contribution in [0.1, 0.15) is 28.2 Å². The fourth-order valence-corrected chi connectivity index (χ4v) is 4.87. The average Bonchev–Trinajstić information content (AvgIpc) is 3.06. The van der Waals surface area contributed by atoms with Gasteiger partial charge in [-0.3, -0.25) is 9.69 Å². The van der Waals surface area contributed by atoms with Gasteiger partial charge in [0.05, 0.1) is 11.9 Å². The monoisotopic (exact) mass is 359 g/mol. The number of thiophene rings is 1. The van der Waals surface area contributed by atoms with Crippen LogP contribution in [-0.2, 0) is 25.9 Å². The maximum absolute atomic E-state index is 12.5. The summed E-state index contributed by atoms with van der Waals surface area (Å²) in [5, 5.41) is 1.55. The molecule has 6 heteroatoms. The highest BCUT2D eigenvalue weighted by atomic mass is 35.5. The standard InChI is InChI=1S/C18H18ClN3OS/c1-22(9-11-4-2-5-12(19)8-11)10-15-20-17(23)16-13-6-3-7-14(13)24-18(16)21-15/h2,4-5,8H,3,6-7,9-10H2,1H3,(H,20,21,23). The van der Waals surface area contributed by atoms with E-state index in [1.54, 1.807) is 11.3 Å². The Morgan fingerprint density at radius 1 is 1.33 bits per heavy atom. The van der Waals surface area contributed by atoms with Crippen molar-refractivity contribution < 1.29 is 0 Å². The lowest BCUT2D eigenvalue weighted by molar-refractivity contribution is 0.311. The van der Waals surface area contributed by atoms with Crippen LogP contribution in [0.5, 0.6) is 0 Å². The van der Waals surface area contributed by atoms with Crippen molar-refractivity contribution in [2.75, 3.05) is 7.05 Å². The van der Waals surface area contributed by atoms with Gasteiger partial charge in [-0.1, -0.05) is 23.7 Å². The van der Waals surface area contributed by atoms with Crippen molar-refractivity contribution in [3.63, 3.8) is 0 Å². The molecule has 0 saturated carbocycles. The molecule has 124 valence electrons. The Kier molecular flexibility index (Phi) is 4.16. The summed E-state index contributed by atoms with van der Waals surface area (Å²) < 4.78 is 0. The Hall–Kier alpha value is -1.69. The first kappa shape index (κ1) is 15.8. The van der Waals surface area contributed by atoms with Crippen LogP contribution in [-0.4, -0.2) is 21.9 Å². The van der Waals surface area contributed by atoms with Crippen LogP contribution in [0.3, 0.4) is 0 Å². The summed E-state index contributed by atoms with van der Waals surface area (Å²) in [6, 6.07) is 7.83. The van der Waals surface area contributed by atoms with Crippen LogP contribution in [0.2, 0.25) is 5.02 Å². The van der Waals surface area contributed by atoms with Gasteiger partial charge in [0, 0.05) is 16.4 Å². The Balaban J connectivity index is 1.57. The molecule has 2 heterocycles. The number of halogens is 1. The van der Waals surface area contributed by atoms with E-state index in [1.165, 1.54) is 10.4 Å². The SMILES string of the molecule is CN(Cc1cccc(Cl)c1)Cc1nc2sc3c(c2c(=O)[nH]1)CCC3. The van der Waals surface area contributed by atoms with Crippen LogP contribution in [0.4, 0.5) is 0 Å². The van der Waals surface area contributed by atoms with Gasteiger partial charge in [0.15, 0.2) is 0 Å². The van der Waals surface area contributed by atoms with Gasteiger partial charge >= 0.3 is 0 Å². The highest BCUT2D eigenvalue weighted by Gasteiger charge is 2.21. The van der Waals surface area contributed by atoms with Crippen molar-refractivity contribution >= 4 is 33.2 Å². The van der Waals surface area contributed by atoms with Gasteiger partial charge in [0.1, 0.15) is 10.7 Å². The third-order valence-electron chi connectivity index (χ3n) is 4.39. The summed E-state index contributed by atoms with van der Waals surface area (Å²) in [4.78, 5) is 24.5. The van der Waals surface area contributed by atoms with Crippen LogP contribution in [0.25, 0.3) is 10.2 Å². The second kappa shape index (κ2) is 6.31. The molecular formula is C18H18ClN3OS. The van der Waals surface area contributed by atoms with Gasteiger partial charge in [-0.05, 0) is 49.6 Å². The number of nitrogens with zero attached hydrogens (tertiary/aromatic N) is 2. The quantitative estimate of drug-likeness (QED) is 0.771. The van der Waals surface area contributed by atoms with Crippen molar-refractivity contribution in [1.29, 1.82) is 0 Å². The number of H-pyrrole nitrogens is 1. The van der Waals surface area contributed by atoms with Gasteiger partial charge < -0.3 is 4.98 Å². The number of nitrogens with one attached hydrogen (secondary N) is 1. The van der Waals surface area contributed by atoms with E-state index in [0.717, 1.165) is 52.4 Å². The molecule has 3 aromatic rings. The topological polar surface area (TPSA) is 49.0 Å². The van der Waals surface area contributed by atoms with E-state index in [2.05, 4.69) is 9.88 Å². The predicted octanol–water partition coefficient (Wildman–Crippen LogP) is 3.76. The molecule has 2 aromatic heterocycles. The van der Waals surface area contributed by atoms with E-state index in [0.29, 0.717) is 6.54 Å². The molecule has 0 saturated heterocycles. The Morgan fingerprint density at radius 2 is 2.21 bits per heavy atom. The normalized spacial score (nSPS) is 13.8. The van der Waals surface area contributed by atoms with E-state index in [1.807, 2.05) is 31.3 Å². The first-order valence-electron chi connectivity index (χ1n) is 8.06. The van der Waals surface area contributed by atoms with Gasteiger partial charge in [-0.15, -0.1) is 11.3 Å². The smallest absolute Gasteiger partial charge is 0.259 e. The maximum atomic E-state index is 12.5. The van der Waals surface area contributed by atoms with Crippen LogP contribution in [0, 0.1) is 0 Å². The number of hydrogen-bond donors (Lipinski definition) is 1. The minimum absolute atomic E-state index is 0.00514. The summed E-state index contributed by atoms with van der Waals surface area (Å²) in [6.07, 6.45) is 3.24. The highest BCUT2D eigenvalue weighted by molar-refractivity contribution is 7.18. The minimum Gasteiger partial charge on any atom is -0.309 e. The highest BCUT2D eigenvalue weighted by Crippen LogP contribution is 2.34. The molecule has 1 aliphatic carbocycles. The second-order valence-electron chi connectivity index (χ2n) is 6.35. The molecule has 0 bridgehead atoms. The molecule has 4 nitrogen and oxygen atoms in total. The Bertz CT molecular complexity index is 963. The number of rotatable bonds is 4. The molecule has 0 atom stereocenters. The number of aryl methyl sites for hydroxylation is 2. The van der Waals surface area contributed by atoms with Gasteiger partial charge in [0.2, 0.25) is 0 Å². The molecule has 24 heavy (non-hydrogen) atoms. The Morgan fingerprint density at radius 3 is 3.04 bits per heavy atom. The van der Waals surface area contributed by atoms with Gasteiger partial charge in [-0.2, -0.15) is 0 Å². The molecule has 0 fully saturated rings. The predicted molar refractivity (Wildman–Crippen MR) is 98.9 cm³/mol. The maximum Gasteiger partial charge on any atom is 0.259 e. The molecule has 4 rings (SSSR count). The molecule has 0 unspecified atom stereocenters. The van der Waals surface area contributed by atoms with Crippen LogP contribution in [0.15, 0.2) is 29.1 Å². The van der Waals surface area contributed by atoms with E-state index in [4.69, 9.17) is 16.6 Å². The zero-order chi connectivity index (χ0) is 16.7. The fourth-order valence-electron chi connectivity index (χ4n) is 3.38. The second-order valence-corrected chi connectivity index (χ2v) is 7.87. The number of benzene rings is 1. The number of aromatic amines is 1. The molecule has 0 amide bonds. The lowest BCUT2D eigenvalue weighted by Crippen LogP contribution is -2.21. The number of fused-ring (bicyclic) bond motifs is 3. The molecule has 0 aliphatic heterocycles. The van der Waals surface area contributed by atoms with Gasteiger partial charge in [-0.25, -0.2) is 4.98 Å². The first-order chi connectivity index (χ1) is 11.6. The van der Waals surface area contributed by atoms with Crippen molar-refractivity contribution in [1.82, 2.24) is 14.9 Å². The fraction of sp³-hybridized carbons (Fsp3) is 0.333. The van der Waals surface area contributed by atoms with E-state index >= 15 is 0 Å².